The van der Waals surface area contributed by atoms with E-state index in [9.17, 15) is 9.59 Å². The smallest absolute Gasteiger partial charge is 0.251 e. The van der Waals surface area contributed by atoms with E-state index < -0.39 is 0 Å². The second-order valence-corrected chi connectivity index (χ2v) is 7.94. The molecule has 0 aromatic heterocycles. The number of rotatable bonds is 7. The molecule has 1 fully saturated rings. The zero-order valence-electron chi connectivity index (χ0n) is 17.6. The van der Waals surface area contributed by atoms with Crippen LogP contribution in [0, 0.1) is 0 Å². The molecule has 0 saturated carbocycles. The summed E-state index contributed by atoms with van der Waals surface area (Å²) >= 11 is 0. The Kier molecular flexibility index (Phi) is 5.93. The van der Waals surface area contributed by atoms with Crippen LogP contribution in [-0.4, -0.2) is 36.0 Å². The lowest BCUT2D eigenvalue weighted by atomic mass is 10.1. The molecule has 0 radical (unpaired) electrons. The molecule has 1 unspecified atom stereocenters. The van der Waals surface area contributed by atoms with Crippen molar-refractivity contribution in [2.45, 2.75) is 52.3 Å². The number of nitrogens with zero attached hydrogens (tertiary/aromatic N) is 1. The Hall–Kier alpha value is -3.02. The van der Waals surface area contributed by atoms with Gasteiger partial charge in [-0.25, -0.2) is 0 Å². The Morgan fingerprint density at radius 3 is 2.93 bits per heavy atom. The zero-order valence-corrected chi connectivity index (χ0v) is 17.6. The Morgan fingerprint density at radius 1 is 1.30 bits per heavy atom. The first-order valence-corrected chi connectivity index (χ1v) is 10.6. The van der Waals surface area contributed by atoms with Crippen molar-refractivity contribution in [3.8, 4) is 11.5 Å². The van der Waals surface area contributed by atoms with Gasteiger partial charge in [-0.3, -0.25) is 9.59 Å². The van der Waals surface area contributed by atoms with Crippen molar-refractivity contribution < 1.29 is 19.1 Å². The number of hydrogen-bond acceptors (Lipinski definition) is 4. The minimum absolute atomic E-state index is 0.151. The van der Waals surface area contributed by atoms with Crippen LogP contribution in [0.4, 0.5) is 0 Å². The van der Waals surface area contributed by atoms with Crippen LogP contribution in [0.25, 0.3) is 0 Å². The third-order valence-corrected chi connectivity index (χ3v) is 5.55. The molecular weight excluding hydrogens is 380 g/mol. The van der Waals surface area contributed by atoms with E-state index in [1.165, 1.54) is 0 Å². The molecule has 1 N–H and O–H groups in total. The molecule has 4 rings (SSSR count). The normalized spacial score (nSPS) is 17.6. The summed E-state index contributed by atoms with van der Waals surface area (Å²) in [5, 5.41) is 2.99. The molecule has 2 heterocycles. The SMILES string of the molecule is CCOc1cc2c(cc1CNC(=O)c1cccc(CN3CCCC3=O)c1)OC(C)C2. The summed E-state index contributed by atoms with van der Waals surface area (Å²) in [6.45, 7) is 6.25. The van der Waals surface area contributed by atoms with Crippen molar-refractivity contribution in [1.82, 2.24) is 10.2 Å². The van der Waals surface area contributed by atoms with E-state index in [4.69, 9.17) is 9.47 Å². The number of carbonyl (C=O) groups is 2. The number of amides is 2. The minimum atomic E-state index is -0.151. The van der Waals surface area contributed by atoms with Gasteiger partial charge < -0.3 is 19.7 Å². The topological polar surface area (TPSA) is 67.9 Å². The Balaban J connectivity index is 1.44. The van der Waals surface area contributed by atoms with Gasteiger partial charge in [-0.15, -0.1) is 0 Å². The average Bonchev–Trinajstić information content (AvgIpc) is 3.30. The number of nitrogens with one attached hydrogen (secondary N) is 1. The van der Waals surface area contributed by atoms with E-state index in [-0.39, 0.29) is 17.9 Å². The third-order valence-electron chi connectivity index (χ3n) is 5.55. The molecule has 158 valence electrons. The number of hydrogen-bond donors (Lipinski definition) is 1. The summed E-state index contributed by atoms with van der Waals surface area (Å²) in [6.07, 6.45) is 2.55. The molecule has 1 atom stereocenters. The van der Waals surface area contributed by atoms with E-state index in [0.29, 0.717) is 31.7 Å². The predicted octanol–water partition coefficient (Wildman–Crippen LogP) is 3.46. The molecule has 2 amide bonds. The average molecular weight is 408 g/mol. The van der Waals surface area contributed by atoms with E-state index in [2.05, 4.69) is 5.32 Å². The maximum Gasteiger partial charge on any atom is 0.251 e. The molecule has 2 aliphatic heterocycles. The molecule has 0 spiro atoms. The largest absolute Gasteiger partial charge is 0.494 e. The van der Waals surface area contributed by atoms with E-state index in [1.54, 1.807) is 6.07 Å². The van der Waals surface area contributed by atoms with Crippen molar-refractivity contribution in [1.29, 1.82) is 0 Å². The molecular formula is C24H28N2O4. The van der Waals surface area contributed by atoms with Gasteiger partial charge in [-0.1, -0.05) is 12.1 Å². The standard InChI is InChI=1S/C24H28N2O4/c1-3-29-21-12-19-10-16(2)30-22(19)13-20(21)14-25-24(28)18-7-4-6-17(11-18)15-26-9-5-8-23(26)27/h4,6-7,11-13,16H,3,5,8-10,14-15H2,1-2H3,(H,25,28). The van der Waals surface area contributed by atoms with Gasteiger partial charge in [0.2, 0.25) is 5.91 Å². The van der Waals surface area contributed by atoms with Gasteiger partial charge in [0.15, 0.2) is 0 Å². The minimum Gasteiger partial charge on any atom is -0.494 e. The summed E-state index contributed by atoms with van der Waals surface area (Å²) in [5.41, 5.74) is 3.60. The van der Waals surface area contributed by atoms with Crippen molar-refractivity contribution in [3.05, 3.63) is 58.7 Å². The monoisotopic (exact) mass is 408 g/mol. The summed E-state index contributed by atoms with van der Waals surface area (Å²) in [5.74, 6) is 1.69. The number of benzene rings is 2. The van der Waals surface area contributed by atoms with Crippen LogP contribution in [0.2, 0.25) is 0 Å². The Labute approximate surface area is 177 Å². The highest BCUT2D eigenvalue weighted by Crippen LogP contribution is 2.35. The quantitative estimate of drug-likeness (QED) is 0.762. The van der Waals surface area contributed by atoms with Crippen LogP contribution in [0.1, 0.15) is 53.7 Å². The predicted molar refractivity (Wildman–Crippen MR) is 114 cm³/mol. The highest BCUT2D eigenvalue weighted by Gasteiger charge is 2.23. The zero-order chi connectivity index (χ0) is 21.1. The van der Waals surface area contributed by atoms with Gasteiger partial charge in [-0.2, -0.15) is 0 Å². The molecule has 2 aliphatic rings. The summed E-state index contributed by atoms with van der Waals surface area (Å²) in [4.78, 5) is 26.5. The molecule has 30 heavy (non-hydrogen) atoms. The number of carbonyl (C=O) groups excluding carboxylic acids is 2. The highest BCUT2D eigenvalue weighted by molar-refractivity contribution is 5.94. The fourth-order valence-corrected chi connectivity index (χ4v) is 4.09. The van der Waals surface area contributed by atoms with Crippen LogP contribution in [-0.2, 0) is 24.3 Å². The van der Waals surface area contributed by atoms with Crippen molar-refractivity contribution in [2.24, 2.45) is 0 Å². The van der Waals surface area contributed by atoms with Crippen molar-refractivity contribution >= 4 is 11.8 Å². The maximum atomic E-state index is 12.8. The lowest BCUT2D eigenvalue weighted by Gasteiger charge is -2.16. The van der Waals surface area contributed by atoms with Gasteiger partial charge >= 0.3 is 0 Å². The first-order chi connectivity index (χ1) is 14.5. The van der Waals surface area contributed by atoms with Gasteiger partial charge in [0.05, 0.1) is 6.61 Å². The maximum absolute atomic E-state index is 12.8. The molecule has 0 bridgehead atoms. The number of ether oxygens (including phenoxy) is 2. The van der Waals surface area contributed by atoms with Crippen LogP contribution in [0.5, 0.6) is 11.5 Å². The fourth-order valence-electron chi connectivity index (χ4n) is 4.09. The fraction of sp³-hybridized carbons (Fsp3) is 0.417. The van der Waals surface area contributed by atoms with Gasteiger partial charge in [0, 0.05) is 49.2 Å². The molecule has 2 aromatic rings. The molecule has 0 aliphatic carbocycles. The van der Waals surface area contributed by atoms with Crippen LogP contribution >= 0.6 is 0 Å². The molecule has 2 aromatic carbocycles. The first kappa shape index (κ1) is 20.3. The van der Waals surface area contributed by atoms with Crippen molar-refractivity contribution in [2.75, 3.05) is 13.2 Å². The number of likely N-dealkylation sites (tertiary alicyclic amines) is 1. The Morgan fingerprint density at radius 2 is 2.17 bits per heavy atom. The lowest BCUT2D eigenvalue weighted by molar-refractivity contribution is -0.128. The molecule has 1 saturated heterocycles. The number of fused-ring (bicyclic) bond motifs is 1. The van der Waals surface area contributed by atoms with Gasteiger partial charge in [0.1, 0.15) is 17.6 Å². The first-order valence-electron chi connectivity index (χ1n) is 10.6. The third kappa shape index (κ3) is 4.42. The van der Waals surface area contributed by atoms with Crippen molar-refractivity contribution in [3.63, 3.8) is 0 Å². The second-order valence-electron chi connectivity index (χ2n) is 7.94. The van der Waals surface area contributed by atoms with E-state index in [1.807, 2.05) is 49.1 Å². The van der Waals surface area contributed by atoms with Crippen LogP contribution < -0.4 is 14.8 Å². The van der Waals surface area contributed by atoms with E-state index >= 15 is 0 Å². The van der Waals surface area contributed by atoms with Crippen LogP contribution in [0.3, 0.4) is 0 Å². The molecule has 6 nitrogen and oxygen atoms in total. The highest BCUT2D eigenvalue weighted by atomic mass is 16.5. The van der Waals surface area contributed by atoms with Crippen LogP contribution in [0.15, 0.2) is 36.4 Å². The molecule has 6 heteroatoms. The summed E-state index contributed by atoms with van der Waals surface area (Å²) in [7, 11) is 0. The van der Waals surface area contributed by atoms with Gasteiger partial charge in [-0.05, 0) is 50.1 Å². The van der Waals surface area contributed by atoms with Gasteiger partial charge in [0.25, 0.3) is 5.91 Å². The van der Waals surface area contributed by atoms with E-state index in [0.717, 1.165) is 47.6 Å². The second kappa shape index (κ2) is 8.78. The summed E-state index contributed by atoms with van der Waals surface area (Å²) in [6, 6.07) is 11.5. The lowest BCUT2D eigenvalue weighted by Crippen LogP contribution is -2.25. The summed E-state index contributed by atoms with van der Waals surface area (Å²) < 4.78 is 11.7. The Bertz CT molecular complexity index is 956.